The summed E-state index contributed by atoms with van der Waals surface area (Å²) < 4.78 is 91.5. The first-order valence-electron chi connectivity index (χ1n) is 11.0. The van der Waals surface area contributed by atoms with Crippen LogP contribution in [0, 0.1) is 22.7 Å². The summed E-state index contributed by atoms with van der Waals surface area (Å²) in [6, 6.07) is 0. The summed E-state index contributed by atoms with van der Waals surface area (Å²) in [5, 5.41) is 25.6. The maximum Gasteiger partial charge on any atom is 0.317 e. The van der Waals surface area contributed by atoms with E-state index < -0.39 is 106 Å². The van der Waals surface area contributed by atoms with E-state index >= 15 is 17.6 Å². The van der Waals surface area contributed by atoms with Crippen molar-refractivity contribution in [3.05, 3.63) is 66.7 Å². The van der Waals surface area contributed by atoms with Gasteiger partial charge >= 0.3 is 11.9 Å². The van der Waals surface area contributed by atoms with Gasteiger partial charge in [0.15, 0.2) is 12.3 Å². The number of carboxylic acid groups (broad SMARTS) is 2. The van der Waals surface area contributed by atoms with Crippen molar-refractivity contribution in [2.75, 3.05) is 0 Å². The normalized spacial score (nSPS) is 28.1. The van der Waals surface area contributed by atoms with Gasteiger partial charge in [-0.3, -0.25) is 9.59 Å². The fraction of sp³-hybridized carbons (Fsp3) is 0.545. The van der Waals surface area contributed by atoms with Gasteiger partial charge in [-0.1, -0.05) is 37.9 Å². The molecule has 0 spiro atoms. The van der Waals surface area contributed by atoms with Crippen LogP contribution in [0.3, 0.4) is 0 Å². The van der Waals surface area contributed by atoms with E-state index in [-0.39, 0.29) is 0 Å². The average Bonchev–Trinajstić information content (AvgIpc) is 2.82. The average molecular weight is 548 g/mol. The van der Waals surface area contributed by atoms with Crippen LogP contribution in [-0.2, 0) is 9.59 Å². The summed E-state index contributed by atoms with van der Waals surface area (Å²) in [4.78, 5) is 29.3. The predicted octanol–water partition coefficient (Wildman–Crippen LogP) is 7.35. The molecule has 38 heavy (non-hydrogen) atoms. The van der Waals surface area contributed by atoms with Crippen molar-refractivity contribution >= 4 is 11.9 Å². The van der Waals surface area contributed by atoms with Crippen molar-refractivity contribution < 1.29 is 46.1 Å². The molecule has 0 aromatic heterocycles. The Morgan fingerprint density at radius 3 is 1.29 bits per heavy atom. The van der Waals surface area contributed by atoms with E-state index in [4.69, 9.17) is 11.1 Å². The smallest absolute Gasteiger partial charge is 0.317 e. The minimum absolute atomic E-state index is 0.936. The van der Waals surface area contributed by atoms with Crippen LogP contribution < -0.4 is 0 Å². The second-order valence-corrected chi connectivity index (χ2v) is 9.31. The van der Waals surface area contributed by atoms with Crippen molar-refractivity contribution in [3.8, 4) is 0 Å². The minimum atomic E-state index is -3.25. The lowest BCUT2D eigenvalue weighted by atomic mass is 9.59. The second kappa shape index (κ2) is 10.8. The Morgan fingerprint density at radius 2 is 1.08 bits per heavy atom. The Hall–Kier alpha value is -3.90. The third kappa shape index (κ3) is 4.29. The molecule has 4 atom stereocenters. The van der Waals surface area contributed by atoms with Gasteiger partial charge in [0.25, 0.3) is 0 Å². The number of allylic oxidation sites excluding steroid dienone is 4. The molecule has 2 rings (SSSR count). The lowest BCUT2D eigenvalue weighted by Gasteiger charge is -2.44. The fourth-order valence-corrected chi connectivity index (χ4v) is 5.19. The lowest BCUT2D eigenvalue weighted by Crippen LogP contribution is -2.51. The van der Waals surface area contributed by atoms with Crippen LogP contribution in [0.2, 0.25) is 0 Å². The first-order chi connectivity index (χ1) is 17.6. The molecule has 0 aromatic carbocycles. The van der Waals surface area contributed by atoms with Gasteiger partial charge in [-0.25, -0.2) is 26.3 Å². The molecule has 0 radical (unpaired) electrons. The Morgan fingerprint density at radius 1 is 0.789 bits per heavy atom. The zero-order valence-corrected chi connectivity index (χ0v) is 20.4. The van der Waals surface area contributed by atoms with Gasteiger partial charge in [-0.2, -0.15) is 0 Å². The molecular formula is C22H22F6N6O4. The molecule has 0 fully saturated rings. The Balaban J connectivity index is 2.90. The summed E-state index contributed by atoms with van der Waals surface area (Å²) in [6.45, 7) is 4.76. The van der Waals surface area contributed by atoms with Gasteiger partial charge in [0.05, 0.1) is 0 Å². The van der Waals surface area contributed by atoms with Gasteiger partial charge in [0.2, 0.25) is 0 Å². The maximum absolute atomic E-state index is 15.6. The first kappa shape index (κ1) is 30.3. The summed E-state index contributed by atoms with van der Waals surface area (Å²) in [7, 11) is 0. The van der Waals surface area contributed by atoms with E-state index in [1.54, 1.807) is 0 Å². The standard InChI is InChI=1S/C22H22F6N6O4/c1-7(2)9-11(23)15(31-33-29)13(25)17(27)21(9,19(35)36)5-6-22(20(37)38)10(8(3)4)12(24)16(32-34-30)14(26)18(22)28/h7-8,17-18H,5-6H2,1-4H3,(H,35,36)(H,37,38). The summed E-state index contributed by atoms with van der Waals surface area (Å²) in [6.07, 6.45) is -9.22. The molecule has 2 aliphatic carbocycles. The monoisotopic (exact) mass is 548 g/mol. The van der Waals surface area contributed by atoms with Crippen molar-refractivity contribution in [1.29, 1.82) is 0 Å². The highest BCUT2D eigenvalue weighted by atomic mass is 19.2. The molecule has 0 heterocycles. The van der Waals surface area contributed by atoms with Gasteiger partial charge in [-0.15, -0.1) is 0 Å². The van der Waals surface area contributed by atoms with E-state index in [0.717, 1.165) is 0 Å². The number of halogens is 6. The van der Waals surface area contributed by atoms with E-state index in [2.05, 4.69) is 20.1 Å². The molecule has 206 valence electrons. The van der Waals surface area contributed by atoms with Gasteiger partial charge in [0.1, 0.15) is 45.5 Å². The number of hydrogen-bond donors (Lipinski definition) is 2. The predicted molar refractivity (Wildman–Crippen MR) is 120 cm³/mol. The zero-order chi connectivity index (χ0) is 29.3. The number of aliphatic carboxylic acids is 2. The Bertz CT molecular complexity index is 1200. The molecule has 0 amide bonds. The number of carbonyl (C=O) groups is 2. The molecule has 0 saturated carbocycles. The van der Waals surface area contributed by atoms with Crippen molar-refractivity contribution in [3.63, 3.8) is 0 Å². The van der Waals surface area contributed by atoms with E-state index in [1.165, 1.54) is 27.7 Å². The quantitative estimate of drug-likeness (QED) is 0.133. The van der Waals surface area contributed by atoms with Gasteiger partial charge < -0.3 is 10.2 Å². The number of hydrogen-bond acceptors (Lipinski definition) is 4. The van der Waals surface area contributed by atoms with E-state index in [0.29, 0.717) is 0 Å². The van der Waals surface area contributed by atoms with Crippen LogP contribution >= 0.6 is 0 Å². The van der Waals surface area contributed by atoms with Crippen LogP contribution in [0.4, 0.5) is 26.3 Å². The van der Waals surface area contributed by atoms with Crippen molar-refractivity contribution in [2.45, 2.75) is 52.9 Å². The maximum atomic E-state index is 15.6. The third-order valence-electron chi connectivity index (χ3n) is 6.73. The van der Waals surface area contributed by atoms with Crippen LogP contribution in [-0.4, -0.2) is 34.5 Å². The van der Waals surface area contributed by atoms with Gasteiger partial charge in [-0.05, 0) is 46.9 Å². The van der Waals surface area contributed by atoms with Crippen molar-refractivity contribution in [1.82, 2.24) is 0 Å². The second-order valence-electron chi connectivity index (χ2n) is 9.31. The van der Waals surface area contributed by atoms with Crippen LogP contribution in [0.1, 0.15) is 40.5 Å². The molecule has 0 saturated heterocycles. The van der Waals surface area contributed by atoms with Crippen LogP contribution in [0.15, 0.2) is 56.1 Å². The number of azide groups is 2. The van der Waals surface area contributed by atoms with E-state index in [9.17, 15) is 28.6 Å². The minimum Gasteiger partial charge on any atom is -0.480 e. The van der Waals surface area contributed by atoms with Crippen LogP contribution in [0.25, 0.3) is 20.9 Å². The van der Waals surface area contributed by atoms with Crippen LogP contribution in [0.5, 0.6) is 0 Å². The zero-order valence-electron chi connectivity index (χ0n) is 20.4. The van der Waals surface area contributed by atoms with Gasteiger partial charge in [0, 0.05) is 9.82 Å². The molecule has 2 N–H and O–H groups in total. The van der Waals surface area contributed by atoms with E-state index in [1.807, 2.05) is 0 Å². The lowest BCUT2D eigenvalue weighted by molar-refractivity contribution is -0.157. The largest absolute Gasteiger partial charge is 0.480 e. The molecule has 10 nitrogen and oxygen atoms in total. The first-order valence-corrected chi connectivity index (χ1v) is 11.0. The molecular weight excluding hydrogens is 526 g/mol. The summed E-state index contributed by atoms with van der Waals surface area (Å²) in [5.74, 6) is -14.5. The molecule has 0 aromatic rings. The molecule has 16 heteroatoms. The number of rotatable bonds is 9. The Labute approximate surface area is 211 Å². The molecule has 2 aliphatic rings. The highest BCUT2D eigenvalue weighted by Gasteiger charge is 2.62. The fourth-order valence-electron chi connectivity index (χ4n) is 5.19. The number of nitrogens with zero attached hydrogens (tertiary/aromatic N) is 6. The molecule has 0 aliphatic heterocycles. The third-order valence-corrected chi connectivity index (χ3v) is 6.73. The highest BCUT2D eigenvalue weighted by molar-refractivity contribution is 5.84. The van der Waals surface area contributed by atoms with Crippen molar-refractivity contribution in [2.24, 2.45) is 32.9 Å². The SMILES string of the molecule is CC(C)C1=C(F)C(N=[N+]=[N-])=C(F)C(F)C1(CCC1(C(=O)O)C(C(C)C)=C(F)C(N=[N+]=[N-])=C(F)C1F)C(=O)O. The summed E-state index contributed by atoms with van der Waals surface area (Å²) in [5.41, 5.74) is 6.00. The Kier molecular flexibility index (Phi) is 8.65. The number of alkyl halides is 2. The number of carboxylic acids is 2. The molecule has 4 unspecified atom stereocenters. The topological polar surface area (TPSA) is 172 Å². The highest BCUT2D eigenvalue weighted by Crippen LogP contribution is 2.57. The summed E-state index contributed by atoms with van der Waals surface area (Å²) >= 11 is 0. The molecule has 0 bridgehead atoms.